The van der Waals surface area contributed by atoms with E-state index in [0.29, 0.717) is 50.1 Å². The summed E-state index contributed by atoms with van der Waals surface area (Å²) in [5.41, 5.74) is 2.99. The normalized spacial score (nSPS) is 18.5. The third kappa shape index (κ3) is 9.19. The SMILES string of the molecule is COc1ccc([C@H](Cc2c(Cl)cncc2Cl)OC(=O)c2ccc(COc3ccc([C@H](NC(=O)O[C@H]4CN5CCC4CC5)c4ccccc4)cc3)o2)cc1OC. The number of methoxy groups -OCH3 is 2. The number of pyridine rings is 1. The molecule has 3 aliphatic rings. The Balaban J connectivity index is 1.00. The predicted molar refractivity (Wildman–Crippen MR) is 206 cm³/mol. The van der Waals surface area contributed by atoms with Crippen molar-refractivity contribution in [3.63, 3.8) is 0 Å². The molecule has 5 aromatic rings. The highest BCUT2D eigenvalue weighted by Crippen LogP contribution is 2.36. The van der Waals surface area contributed by atoms with Crippen LogP contribution in [-0.4, -0.2) is 61.9 Å². The highest BCUT2D eigenvalue weighted by atomic mass is 35.5. The fourth-order valence-electron chi connectivity index (χ4n) is 7.10. The number of carbonyl (C=O) groups is 2. The molecule has 1 amide bonds. The van der Waals surface area contributed by atoms with Crippen molar-refractivity contribution in [1.29, 1.82) is 0 Å². The molecule has 286 valence electrons. The quantitative estimate of drug-likeness (QED) is 0.110. The van der Waals surface area contributed by atoms with Crippen LogP contribution in [0.15, 0.2) is 102 Å². The Bertz CT molecular complexity index is 2070. The second-order valence-corrected chi connectivity index (χ2v) is 14.3. The summed E-state index contributed by atoms with van der Waals surface area (Å²) in [7, 11) is 3.06. The molecule has 0 spiro atoms. The second-order valence-electron chi connectivity index (χ2n) is 13.5. The number of benzene rings is 3. The van der Waals surface area contributed by atoms with E-state index in [9.17, 15) is 9.59 Å². The average Bonchev–Trinajstić information content (AvgIpc) is 3.70. The molecule has 8 rings (SSSR count). The van der Waals surface area contributed by atoms with Gasteiger partial charge in [0.25, 0.3) is 0 Å². The van der Waals surface area contributed by atoms with Crippen molar-refractivity contribution < 1.29 is 37.7 Å². The molecule has 3 aliphatic heterocycles. The number of amides is 1. The summed E-state index contributed by atoms with van der Waals surface area (Å²) in [4.78, 5) is 33.0. The number of hydrogen-bond donors (Lipinski definition) is 1. The minimum Gasteiger partial charge on any atom is -0.493 e. The number of carbonyl (C=O) groups excluding carboxylic acids is 2. The number of halogens is 2. The molecule has 0 aliphatic carbocycles. The molecule has 3 atom stereocenters. The summed E-state index contributed by atoms with van der Waals surface area (Å²) >= 11 is 12.9. The monoisotopic (exact) mass is 785 g/mol. The van der Waals surface area contributed by atoms with Crippen LogP contribution in [0.5, 0.6) is 17.2 Å². The topological polar surface area (TPSA) is 122 Å². The third-order valence-corrected chi connectivity index (χ3v) is 10.7. The van der Waals surface area contributed by atoms with Crippen molar-refractivity contribution in [3.05, 3.63) is 141 Å². The number of fused-ring (bicyclic) bond motifs is 3. The molecule has 1 N–H and O–H groups in total. The average molecular weight is 787 g/mol. The molecule has 3 fully saturated rings. The fourth-order valence-corrected chi connectivity index (χ4v) is 7.62. The van der Waals surface area contributed by atoms with Crippen molar-refractivity contribution in [2.45, 2.75) is 44.1 Å². The molecular weight excluding hydrogens is 745 g/mol. The maximum atomic E-state index is 13.5. The van der Waals surface area contributed by atoms with Crippen LogP contribution in [0.3, 0.4) is 0 Å². The molecule has 5 heterocycles. The fraction of sp³-hybridized carbons (Fsp3) is 0.310. The van der Waals surface area contributed by atoms with Crippen LogP contribution in [-0.2, 0) is 22.5 Å². The largest absolute Gasteiger partial charge is 0.493 e. The molecule has 0 unspecified atom stereocenters. The predicted octanol–water partition coefficient (Wildman–Crippen LogP) is 8.63. The van der Waals surface area contributed by atoms with Gasteiger partial charge in [0.05, 0.1) is 30.3 Å². The summed E-state index contributed by atoms with van der Waals surface area (Å²) in [6.45, 7) is 2.99. The first-order chi connectivity index (χ1) is 26.8. The zero-order chi connectivity index (χ0) is 38.3. The number of nitrogens with one attached hydrogen (secondary N) is 1. The molecule has 3 aromatic carbocycles. The number of aromatic nitrogens is 1. The second kappa shape index (κ2) is 17.5. The zero-order valence-electron chi connectivity index (χ0n) is 30.4. The van der Waals surface area contributed by atoms with E-state index in [2.05, 4.69) is 15.2 Å². The Kier molecular flexibility index (Phi) is 12.1. The van der Waals surface area contributed by atoms with E-state index >= 15 is 0 Å². The lowest BCUT2D eigenvalue weighted by Gasteiger charge is -2.43. The summed E-state index contributed by atoms with van der Waals surface area (Å²) in [6.07, 6.45) is 3.91. The van der Waals surface area contributed by atoms with E-state index in [-0.39, 0.29) is 24.9 Å². The van der Waals surface area contributed by atoms with E-state index in [1.165, 1.54) is 32.7 Å². The number of furan rings is 1. The van der Waals surface area contributed by atoms with Gasteiger partial charge in [-0.15, -0.1) is 0 Å². The maximum Gasteiger partial charge on any atom is 0.408 e. The van der Waals surface area contributed by atoms with Gasteiger partial charge in [0.1, 0.15) is 30.3 Å². The van der Waals surface area contributed by atoms with Gasteiger partial charge < -0.3 is 33.4 Å². The number of esters is 1. The van der Waals surface area contributed by atoms with Gasteiger partial charge in [-0.3, -0.25) is 9.88 Å². The molecule has 2 aromatic heterocycles. The zero-order valence-corrected chi connectivity index (χ0v) is 31.9. The van der Waals surface area contributed by atoms with Crippen LogP contribution in [0.4, 0.5) is 4.79 Å². The first kappa shape index (κ1) is 38.1. The van der Waals surface area contributed by atoms with E-state index in [0.717, 1.165) is 43.6 Å². The number of alkyl carbamates (subject to hydrolysis) is 1. The van der Waals surface area contributed by atoms with E-state index in [1.54, 1.807) is 24.3 Å². The van der Waals surface area contributed by atoms with Crippen LogP contribution in [0, 0.1) is 5.92 Å². The van der Waals surface area contributed by atoms with Crippen LogP contribution < -0.4 is 19.5 Å². The molecule has 0 radical (unpaired) electrons. The van der Waals surface area contributed by atoms with Gasteiger partial charge >= 0.3 is 12.1 Å². The summed E-state index contributed by atoms with van der Waals surface area (Å²) in [6, 6.07) is 25.2. The molecular formula is C42H41Cl2N3O8. The van der Waals surface area contributed by atoms with Crippen molar-refractivity contribution in [2.75, 3.05) is 33.9 Å². The number of piperidine rings is 3. The molecule has 55 heavy (non-hydrogen) atoms. The Labute approximate surface area is 329 Å². The first-order valence-corrected chi connectivity index (χ1v) is 18.8. The minimum absolute atomic E-state index is 0.00625. The number of ether oxygens (including phenoxy) is 5. The van der Waals surface area contributed by atoms with Crippen LogP contribution in [0.2, 0.25) is 10.0 Å². The van der Waals surface area contributed by atoms with Gasteiger partial charge in [-0.2, -0.15) is 0 Å². The molecule has 13 heteroatoms. The molecule has 3 saturated heterocycles. The minimum atomic E-state index is -0.815. The summed E-state index contributed by atoms with van der Waals surface area (Å²) in [5, 5.41) is 3.78. The number of rotatable bonds is 14. The lowest BCUT2D eigenvalue weighted by atomic mass is 9.86. The Morgan fingerprint density at radius 2 is 1.56 bits per heavy atom. The maximum absolute atomic E-state index is 13.5. The number of hydrogen-bond acceptors (Lipinski definition) is 10. The van der Waals surface area contributed by atoms with Gasteiger partial charge in [-0.25, -0.2) is 9.59 Å². The van der Waals surface area contributed by atoms with Crippen LogP contribution in [0.25, 0.3) is 0 Å². The van der Waals surface area contributed by atoms with Gasteiger partial charge in [0, 0.05) is 25.4 Å². The lowest BCUT2D eigenvalue weighted by Crippen LogP contribution is -2.52. The molecule has 11 nitrogen and oxygen atoms in total. The third-order valence-electron chi connectivity index (χ3n) is 10.1. The molecule has 0 saturated carbocycles. The van der Waals surface area contributed by atoms with Crippen LogP contribution in [0.1, 0.15) is 63.6 Å². The van der Waals surface area contributed by atoms with Crippen molar-refractivity contribution >= 4 is 35.3 Å². The van der Waals surface area contributed by atoms with Crippen LogP contribution >= 0.6 is 23.2 Å². The van der Waals surface area contributed by atoms with Crippen molar-refractivity contribution in [3.8, 4) is 17.2 Å². The smallest absolute Gasteiger partial charge is 0.408 e. The van der Waals surface area contributed by atoms with Gasteiger partial charge in [0.15, 0.2) is 11.5 Å². The summed E-state index contributed by atoms with van der Waals surface area (Å²) < 4.78 is 34.7. The van der Waals surface area contributed by atoms with Crippen molar-refractivity contribution in [2.24, 2.45) is 5.92 Å². The molecule has 2 bridgehead atoms. The standard InChI is InChI=1S/C42H41Cl2N3O8/c1-50-35-14-10-29(20-38(35)51-2)37(21-32-33(43)22-45-23-34(32)44)54-41(48)36-15-13-31(53-36)25-52-30-11-8-28(9-12-30)40(27-6-4-3-5-7-27)46-42(49)55-39-24-47-18-16-26(39)17-19-47/h3-15,20,22-23,26,37,39-40H,16-19,21,24-25H2,1-2H3,(H,46,49)/t37-,39-,40+/m0/s1. The Morgan fingerprint density at radius 3 is 2.24 bits per heavy atom. The van der Waals surface area contributed by atoms with E-state index in [1.807, 2.05) is 54.6 Å². The number of nitrogens with zero attached hydrogens (tertiary/aromatic N) is 2. The van der Waals surface area contributed by atoms with Gasteiger partial charge in [0.2, 0.25) is 5.76 Å². The Morgan fingerprint density at radius 1 is 0.873 bits per heavy atom. The van der Waals surface area contributed by atoms with E-state index in [4.69, 9.17) is 51.3 Å². The van der Waals surface area contributed by atoms with Gasteiger partial charge in [-0.05, 0) is 90.5 Å². The lowest BCUT2D eigenvalue weighted by molar-refractivity contribution is -0.0336. The van der Waals surface area contributed by atoms with Gasteiger partial charge in [-0.1, -0.05) is 71.7 Å². The highest BCUT2D eigenvalue weighted by molar-refractivity contribution is 6.35. The Hall–Kier alpha value is -5.23. The highest BCUT2D eigenvalue weighted by Gasteiger charge is 2.37. The van der Waals surface area contributed by atoms with Crippen molar-refractivity contribution in [1.82, 2.24) is 15.2 Å². The van der Waals surface area contributed by atoms with E-state index < -0.39 is 24.2 Å². The summed E-state index contributed by atoms with van der Waals surface area (Å²) in [5.74, 6) is 1.69. The first-order valence-electron chi connectivity index (χ1n) is 18.0.